The first-order valence-corrected chi connectivity index (χ1v) is 7.00. The molecule has 0 aromatic heterocycles. The van der Waals surface area contributed by atoms with Crippen LogP contribution < -0.4 is 10.6 Å². The molecule has 18 heavy (non-hydrogen) atoms. The lowest BCUT2D eigenvalue weighted by Crippen LogP contribution is -2.49. The van der Waals surface area contributed by atoms with Gasteiger partial charge in [0.1, 0.15) is 0 Å². The topological polar surface area (TPSA) is 50.4 Å². The van der Waals surface area contributed by atoms with Crippen molar-refractivity contribution in [1.29, 1.82) is 0 Å². The second-order valence-corrected chi connectivity index (χ2v) is 4.81. The van der Waals surface area contributed by atoms with Gasteiger partial charge in [0.15, 0.2) is 0 Å². The van der Waals surface area contributed by atoms with Crippen molar-refractivity contribution in [3.05, 3.63) is 12.7 Å². The Hall–Kier alpha value is -1.03. The third-order valence-corrected chi connectivity index (χ3v) is 3.45. The molecule has 0 spiro atoms. The van der Waals surface area contributed by atoms with Gasteiger partial charge in [-0.3, -0.25) is 0 Å². The molecule has 1 fully saturated rings. The molecule has 4 nitrogen and oxygen atoms in total. The van der Waals surface area contributed by atoms with Crippen LogP contribution in [0.3, 0.4) is 0 Å². The second kappa shape index (κ2) is 8.14. The van der Waals surface area contributed by atoms with Crippen molar-refractivity contribution < 1.29 is 9.53 Å². The Labute approximate surface area is 110 Å². The second-order valence-electron chi connectivity index (χ2n) is 4.81. The summed E-state index contributed by atoms with van der Waals surface area (Å²) in [5.74, 6) is 0. The number of hydrogen-bond donors (Lipinski definition) is 2. The number of urea groups is 1. The standard InChI is InChI=1S/C14H26N2O2/c1-4-8-11(5-2)15-14(17)16-12(6-3)13-9-7-10-18-13/h4,11-13H,1,5-10H2,2-3H3,(H2,15,16,17)/t11-,12-,13+/m0/s1. The van der Waals surface area contributed by atoms with Gasteiger partial charge >= 0.3 is 6.03 Å². The molecular formula is C14H26N2O2. The van der Waals surface area contributed by atoms with E-state index in [4.69, 9.17) is 4.74 Å². The molecular weight excluding hydrogens is 228 g/mol. The fraction of sp³-hybridized carbons (Fsp3) is 0.786. The predicted octanol–water partition coefficient (Wildman–Crippen LogP) is 2.60. The van der Waals surface area contributed by atoms with Crippen LogP contribution in [-0.2, 0) is 4.74 Å². The highest BCUT2D eigenvalue weighted by Crippen LogP contribution is 2.17. The zero-order valence-corrected chi connectivity index (χ0v) is 11.6. The van der Waals surface area contributed by atoms with Gasteiger partial charge in [-0.05, 0) is 32.1 Å². The number of carbonyl (C=O) groups excluding carboxylic acids is 1. The average molecular weight is 254 g/mol. The number of amides is 2. The molecule has 1 aliphatic heterocycles. The van der Waals surface area contributed by atoms with E-state index in [1.807, 2.05) is 6.08 Å². The molecule has 0 aromatic rings. The van der Waals surface area contributed by atoms with Gasteiger partial charge in [-0.1, -0.05) is 19.9 Å². The Morgan fingerprint density at radius 2 is 2.22 bits per heavy atom. The minimum Gasteiger partial charge on any atom is -0.376 e. The molecule has 0 aromatic carbocycles. The highest BCUT2D eigenvalue weighted by atomic mass is 16.5. The van der Waals surface area contributed by atoms with Gasteiger partial charge in [-0.2, -0.15) is 0 Å². The Balaban J connectivity index is 2.38. The normalized spacial score (nSPS) is 22.2. The van der Waals surface area contributed by atoms with E-state index in [2.05, 4.69) is 31.1 Å². The van der Waals surface area contributed by atoms with Crippen LogP contribution in [0.4, 0.5) is 4.79 Å². The van der Waals surface area contributed by atoms with Gasteiger partial charge in [0, 0.05) is 12.6 Å². The molecule has 2 amide bonds. The molecule has 0 unspecified atom stereocenters. The van der Waals surface area contributed by atoms with Crippen molar-refractivity contribution in [2.75, 3.05) is 6.61 Å². The van der Waals surface area contributed by atoms with Gasteiger partial charge in [-0.15, -0.1) is 6.58 Å². The number of ether oxygens (including phenoxy) is 1. The summed E-state index contributed by atoms with van der Waals surface area (Å²) in [4.78, 5) is 11.9. The molecule has 104 valence electrons. The van der Waals surface area contributed by atoms with Gasteiger partial charge in [0.05, 0.1) is 12.1 Å². The lowest BCUT2D eigenvalue weighted by atomic mass is 10.1. The molecule has 2 N–H and O–H groups in total. The van der Waals surface area contributed by atoms with E-state index in [1.54, 1.807) is 0 Å². The van der Waals surface area contributed by atoms with Crippen molar-refractivity contribution in [2.24, 2.45) is 0 Å². The highest BCUT2D eigenvalue weighted by molar-refractivity contribution is 5.74. The highest BCUT2D eigenvalue weighted by Gasteiger charge is 2.26. The summed E-state index contributed by atoms with van der Waals surface area (Å²) in [5, 5.41) is 6.00. The molecule has 1 rings (SSSR count). The van der Waals surface area contributed by atoms with Crippen molar-refractivity contribution in [3.8, 4) is 0 Å². The van der Waals surface area contributed by atoms with Crippen LogP contribution in [0, 0.1) is 0 Å². The van der Waals surface area contributed by atoms with E-state index in [9.17, 15) is 4.79 Å². The third-order valence-electron chi connectivity index (χ3n) is 3.45. The van der Waals surface area contributed by atoms with E-state index in [0.29, 0.717) is 0 Å². The van der Waals surface area contributed by atoms with Gasteiger partial charge in [0.2, 0.25) is 0 Å². The number of rotatable bonds is 7. The fourth-order valence-electron chi connectivity index (χ4n) is 2.30. The van der Waals surface area contributed by atoms with Crippen molar-refractivity contribution in [3.63, 3.8) is 0 Å². The van der Waals surface area contributed by atoms with E-state index in [-0.39, 0.29) is 24.2 Å². The average Bonchev–Trinajstić information content (AvgIpc) is 2.89. The largest absolute Gasteiger partial charge is 0.376 e. The fourth-order valence-corrected chi connectivity index (χ4v) is 2.30. The van der Waals surface area contributed by atoms with E-state index >= 15 is 0 Å². The monoisotopic (exact) mass is 254 g/mol. The summed E-state index contributed by atoms with van der Waals surface area (Å²) in [7, 11) is 0. The lowest BCUT2D eigenvalue weighted by molar-refractivity contribution is 0.0794. The Morgan fingerprint density at radius 3 is 2.72 bits per heavy atom. The van der Waals surface area contributed by atoms with Crippen LogP contribution in [0.5, 0.6) is 0 Å². The Morgan fingerprint density at radius 1 is 1.44 bits per heavy atom. The maximum atomic E-state index is 11.9. The van der Waals surface area contributed by atoms with E-state index in [0.717, 1.165) is 38.7 Å². The quantitative estimate of drug-likeness (QED) is 0.686. The summed E-state index contributed by atoms with van der Waals surface area (Å²) >= 11 is 0. The number of carbonyl (C=O) groups is 1. The van der Waals surface area contributed by atoms with Crippen molar-refractivity contribution in [1.82, 2.24) is 10.6 Å². The Kier molecular flexibility index (Phi) is 6.80. The molecule has 0 aliphatic carbocycles. The first-order chi connectivity index (χ1) is 8.71. The first kappa shape index (κ1) is 15.0. The summed E-state index contributed by atoms with van der Waals surface area (Å²) < 4.78 is 5.63. The number of nitrogens with one attached hydrogen (secondary N) is 2. The minimum absolute atomic E-state index is 0.0916. The summed E-state index contributed by atoms with van der Waals surface area (Å²) in [6.07, 6.45) is 6.78. The molecule has 1 aliphatic rings. The summed E-state index contributed by atoms with van der Waals surface area (Å²) in [5.41, 5.74) is 0. The van der Waals surface area contributed by atoms with Crippen LogP contribution in [-0.4, -0.2) is 30.8 Å². The molecule has 0 saturated carbocycles. The lowest BCUT2D eigenvalue weighted by Gasteiger charge is -2.24. The zero-order valence-electron chi connectivity index (χ0n) is 11.6. The first-order valence-electron chi connectivity index (χ1n) is 7.00. The molecule has 1 heterocycles. The maximum Gasteiger partial charge on any atom is 0.315 e. The number of hydrogen-bond acceptors (Lipinski definition) is 2. The summed E-state index contributed by atoms with van der Waals surface area (Å²) in [6, 6.07) is 0.198. The van der Waals surface area contributed by atoms with E-state index < -0.39 is 0 Å². The van der Waals surface area contributed by atoms with Crippen molar-refractivity contribution in [2.45, 2.75) is 64.1 Å². The smallest absolute Gasteiger partial charge is 0.315 e. The van der Waals surface area contributed by atoms with Crippen LogP contribution in [0.25, 0.3) is 0 Å². The van der Waals surface area contributed by atoms with Crippen LogP contribution in [0.1, 0.15) is 46.0 Å². The van der Waals surface area contributed by atoms with Gasteiger partial charge in [-0.25, -0.2) is 4.79 Å². The third kappa shape index (κ3) is 4.69. The molecule has 4 heteroatoms. The molecule has 3 atom stereocenters. The molecule has 0 radical (unpaired) electrons. The van der Waals surface area contributed by atoms with Gasteiger partial charge < -0.3 is 15.4 Å². The van der Waals surface area contributed by atoms with Crippen LogP contribution in [0.2, 0.25) is 0 Å². The van der Waals surface area contributed by atoms with Crippen LogP contribution >= 0.6 is 0 Å². The predicted molar refractivity (Wildman–Crippen MR) is 73.6 cm³/mol. The Bertz CT molecular complexity index is 263. The minimum atomic E-state index is -0.0916. The van der Waals surface area contributed by atoms with Crippen LogP contribution in [0.15, 0.2) is 12.7 Å². The van der Waals surface area contributed by atoms with E-state index in [1.165, 1.54) is 0 Å². The summed E-state index contributed by atoms with van der Waals surface area (Å²) in [6.45, 7) is 8.66. The van der Waals surface area contributed by atoms with Crippen molar-refractivity contribution >= 4 is 6.03 Å². The SMILES string of the molecule is C=CC[C@H](CC)NC(=O)N[C@@H](CC)[C@H]1CCCO1. The zero-order chi connectivity index (χ0) is 13.4. The maximum absolute atomic E-state index is 11.9. The molecule has 1 saturated heterocycles. The van der Waals surface area contributed by atoms with Gasteiger partial charge in [0.25, 0.3) is 0 Å². The molecule has 0 bridgehead atoms.